The van der Waals surface area contributed by atoms with Crippen LogP contribution in [0.1, 0.15) is 46.8 Å². The van der Waals surface area contributed by atoms with E-state index in [0.29, 0.717) is 17.7 Å². The molecule has 1 N–H and O–H groups in total. The van der Waals surface area contributed by atoms with Crippen molar-refractivity contribution in [3.05, 3.63) is 112 Å². The molecule has 0 spiro atoms. The highest BCUT2D eigenvalue weighted by molar-refractivity contribution is 7.99. The van der Waals surface area contributed by atoms with E-state index in [0.717, 1.165) is 62.2 Å². The van der Waals surface area contributed by atoms with Gasteiger partial charge in [0.05, 0.1) is 5.71 Å². The Balaban J connectivity index is 1.43. The van der Waals surface area contributed by atoms with Crippen molar-refractivity contribution in [2.24, 2.45) is 5.16 Å². The van der Waals surface area contributed by atoms with Crippen LogP contribution < -0.4 is 0 Å². The molecule has 4 nitrogen and oxygen atoms in total. The summed E-state index contributed by atoms with van der Waals surface area (Å²) in [7, 11) is 0. The molecule has 38 heavy (non-hydrogen) atoms. The Morgan fingerprint density at radius 3 is 2.24 bits per heavy atom. The lowest BCUT2D eigenvalue weighted by Gasteiger charge is -2.07. The molecule has 0 saturated carbocycles. The van der Waals surface area contributed by atoms with Gasteiger partial charge in [0.1, 0.15) is 0 Å². The lowest BCUT2D eigenvalue weighted by molar-refractivity contribution is 0.103. The Bertz CT molecular complexity index is 1650. The first-order valence-electron chi connectivity index (χ1n) is 12.8. The van der Waals surface area contributed by atoms with Gasteiger partial charge < -0.3 is 9.77 Å². The van der Waals surface area contributed by atoms with Crippen LogP contribution >= 0.6 is 23.4 Å². The smallest absolute Gasteiger partial charge is 0.193 e. The lowest BCUT2D eigenvalue weighted by atomic mass is 9.97. The number of nitrogens with zero attached hydrogens (tertiary/aromatic N) is 2. The van der Waals surface area contributed by atoms with Crippen LogP contribution in [-0.2, 0) is 6.54 Å². The minimum absolute atomic E-state index is 0.0225. The van der Waals surface area contributed by atoms with E-state index in [-0.39, 0.29) is 5.78 Å². The first-order chi connectivity index (χ1) is 18.5. The van der Waals surface area contributed by atoms with Crippen LogP contribution in [0.15, 0.2) is 95.0 Å². The molecule has 0 radical (unpaired) electrons. The molecule has 4 aromatic carbocycles. The van der Waals surface area contributed by atoms with Gasteiger partial charge in [-0.3, -0.25) is 4.79 Å². The second kappa shape index (κ2) is 11.5. The van der Waals surface area contributed by atoms with Crippen LogP contribution in [0.3, 0.4) is 0 Å². The molecule has 192 valence electrons. The molecule has 5 aromatic rings. The summed E-state index contributed by atoms with van der Waals surface area (Å²) in [4.78, 5) is 14.5. The van der Waals surface area contributed by atoms with Crippen molar-refractivity contribution in [2.45, 2.75) is 38.1 Å². The molecule has 5 rings (SSSR count). The number of benzene rings is 4. The van der Waals surface area contributed by atoms with E-state index in [1.165, 1.54) is 4.90 Å². The first kappa shape index (κ1) is 26.1. The molecule has 0 bridgehead atoms. The number of rotatable bonds is 9. The molecule has 1 heterocycles. The van der Waals surface area contributed by atoms with Gasteiger partial charge in [-0.1, -0.05) is 47.1 Å². The second-order valence-electron chi connectivity index (χ2n) is 9.30. The van der Waals surface area contributed by atoms with Crippen LogP contribution in [0.2, 0.25) is 5.02 Å². The summed E-state index contributed by atoms with van der Waals surface area (Å²) < 4.78 is 2.26. The van der Waals surface area contributed by atoms with Crippen LogP contribution in [0.25, 0.3) is 21.8 Å². The van der Waals surface area contributed by atoms with Crippen LogP contribution in [0.5, 0.6) is 0 Å². The van der Waals surface area contributed by atoms with E-state index in [2.05, 4.69) is 28.8 Å². The zero-order valence-electron chi connectivity index (χ0n) is 21.4. The van der Waals surface area contributed by atoms with E-state index >= 15 is 0 Å². The number of aromatic nitrogens is 1. The SMILES string of the molecule is CCn1c2ccc(C(=O)c3ccccc3C)cc2c2cc(/C(CCCSc3ccc(Cl)cc3)=N/O)ccc21. The number of hydrogen-bond acceptors (Lipinski definition) is 4. The van der Waals surface area contributed by atoms with Crippen molar-refractivity contribution in [1.82, 2.24) is 4.57 Å². The predicted octanol–water partition coefficient (Wildman–Crippen LogP) is 8.76. The van der Waals surface area contributed by atoms with Crippen molar-refractivity contribution in [3.8, 4) is 0 Å². The summed E-state index contributed by atoms with van der Waals surface area (Å²) in [5.74, 6) is 0.928. The number of carbonyl (C=O) groups excluding carboxylic acids is 1. The van der Waals surface area contributed by atoms with E-state index in [1.54, 1.807) is 11.8 Å². The topological polar surface area (TPSA) is 54.6 Å². The third kappa shape index (κ3) is 5.22. The van der Waals surface area contributed by atoms with Gasteiger partial charge in [0.2, 0.25) is 0 Å². The van der Waals surface area contributed by atoms with E-state index in [4.69, 9.17) is 11.6 Å². The fourth-order valence-corrected chi connectivity index (χ4v) is 5.94. The minimum Gasteiger partial charge on any atom is -0.411 e. The van der Waals surface area contributed by atoms with Gasteiger partial charge >= 0.3 is 0 Å². The molecule has 0 unspecified atom stereocenters. The van der Waals surface area contributed by atoms with Gasteiger partial charge in [-0.15, -0.1) is 11.8 Å². The summed E-state index contributed by atoms with van der Waals surface area (Å²) in [6, 6.07) is 27.7. The summed E-state index contributed by atoms with van der Waals surface area (Å²) >= 11 is 7.74. The highest BCUT2D eigenvalue weighted by Crippen LogP contribution is 2.32. The maximum Gasteiger partial charge on any atom is 0.193 e. The zero-order valence-corrected chi connectivity index (χ0v) is 23.0. The molecule has 0 aliphatic heterocycles. The number of fused-ring (bicyclic) bond motifs is 3. The molecule has 1 aromatic heterocycles. The molecule has 0 saturated heterocycles. The summed E-state index contributed by atoms with van der Waals surface area (Å²) in [6.45, 7) is 4.90. The Morgan fingerprint density at radius 1 is 0.921 bits per heavy atom. The van der Waals surface area contributed by atoms with Gasteiger partial charge in [0, 0.05) is 55.0 Å². The van der Waals surface area contributed by atoms with Gasteiger partial charge in [-0.05, 0) is 92.6 Å². The number of carbonyl (C=O) groups is 1. The quantitative estimate of drug-likeness (QED) is 0.0507. The van der Waals surface area contributed by atoms with Gasteiger partial charge in [-0.2, -0.15) is 0 Å². The highest BCUT2D eigenvalue weighted by atomic mass is 35.5. The van der Waals surface area contributed by atoms with E-state index < -0.39 is 0 Å². The van der Waals surface area contributed by atoms with Gasteiger partial charge in [0.25, 0.3) is 0 Å². The molecule has 0 aliphatic carbocycles. The van der Waals surface area contributed by atoms with Gasteiger partial charge in [0.15, 0.2) is 5.78 Å². The molecule has 0 amide bonds. The number of aryl methyl sites for hydroxylation is 2. The molecular formula is C32H29ClN2O2S. The van der Waals surface area contributed by atoms with Crippen molar-refractivity contribution < 1.29 is 10.0 Å². The zero-order chi connectivity index (χ0) is 26.6. The summed E-state index contributed by atoms with van der Waals surface area (Å²) in [5.41, 5.74) is 6.09. The van der Waals surface area contributed by atoms with E-state index in [9.17, 15) is 10.0 Å². The van der Waals surface area contributed by atoms with E-state index in [1.807, 2.05) is 79.7 Å². The highest BCUT2D eigenvalue weighted by Gasteiger charge is 2.17. The van der Waals surface area contributed by atoms with Gasteiger partial charge in [-0.25, -0.2) is 0 Å². The average molecular weight is 541 g/mol. The standard InChI is InChI=1S/C32H29ClN2O2S/c1-3-35-30-16-10-22(29(34-37)9-6-18-38-25-14-12-24(33)13-15-25)19-27(30)28-20-23(11-17-31(28)35)32(36)26-8-5-4-7-21(26)2/h4-5,7-8,10-17,19-20,37H,3,6,9,18H2,1-2H3/b34-29+. The predicted molar refractivity (Wildman–Crippen MR) is 159 cm³/mol. The average Bonchev–Trinajstić information content (AvgIpc) is 3.26. The summed E-state index contributed by atoms with van der Waals surface area (Å²) in [6.07, 6.45) is 1.53. The number of oxime groups is 1. The molecule has 6 heteroatoms. The van der Waals surface area contributed by atoms with Crippen LogP contribution in [0.4, 0.5) is 0 Å². The van der Waals surface area contributed by atoms with Crippen LogP contribution in [0, 0.1) is 6.92 Å². The Morgan fingerprint density at radius 2 is 1.58 bits per heavy atom. The molecule has 0 aliphatic rings. The van der Waals surface area contributed by atoms with Crippen molar-refractivity contribution >= 4 is 56.7 Å². The third-order valence-corrected chi connectivity index (χ3v) is 8.28. The number of hydrogen-bond donors (Lipinski definition) is 1. The third-order valence-electron chi connectivity index (χ3n) is 6.93. The van der Waals surface area contributed by atoms with Crippen molar-refractivity contribution in [3.63, 3.8) is 0 Å². The minimum atomic E-state index is 0.0225. The number of thioether (sulfide) groups is 1. The Labute approximate surface area is 231 Å². The fraction of sp³-hybridized carbons (Fsp3) is 0.188. The second-order valence-corrected chi connectivity index (χ2v) is 10.9. The Kier molecular flexibility index (Phi) is 7.87. The monoisotopic (exact) mass is 540 g/mol. The number of halogens is 1. The lowest BCUT2D eigenvalue weighted by Crippen LogP contribution is -2.03. The first-order valence-corrected chi connectivity index (χ1v) is 14.1. The molecule has 0 fully saturated rings. The summed E-state index contributed by atoms with van der Waals surface area (Å²) in [5, 5.41) is 16.3. The normalized spacial score (nSPS) is 11.9. The number of ketones is 1. The Hall–Kier alpha value is -3.54. The largest absolute Gasteiger partial charge is 0.411 e. The maximum atomic E-state index is 13.3. The van der Waals surface area contributed by atoms with Crippen molar-refractivity contribution in [1.29, 1.82) is 0 Å². The fourth-order valence-electron chi connectivity index (χ4n) is 4.96. The maximum absolute atomic E-state index is 13.3. The molecule has 0 atom stereocenters. The molecular weight excluding hydrogens is 512 g/mol. The van der Waals surface area contributed by atoms with Crippen LogP contribution in [-0.4, -0.2) is 27.0 Å². The van der Waals surface area contributed by atoms with Crippen molar-refractivity contribution in [2.75, 3.05) is 5.75 Å².